The number of nitrogens with two attached hydrogens (primary N) is 1. The highest BCUT2D eigenvalue weighted by Crippen LogP contribution is 2.33. The molecule has 2 heteroatoms. The maximum Gasteiger partial charge on any atom is 0.0323 e. The monoisotopic (exact) mass is 267 g/mol. The maximum absolute atomic E-state index is 6.40. The first-order chi connectivity index (χ1) is 8.18. The van der Waals surface area contributed by atoms with E-state index in [2.05, 4.69) is 38.1 Å². The van der Waals surface area contributed by atoms with Crippen LogP contribution in [0.1, 0.15) is 69.0 Å². The molecule has 0 aliphatic heterocycles. The largest absolute Gasteiger partial charge is 0.324 e. The van der Waals surface area contributed by atoms with Crippen molar-refractivity contribution >= 4 is 12.4 Å². The molecule has 0 spiro atoms. The topological polar surface area (TPSA) is 26.0 Å². The van der Waals surface area contributed by atoms with E-state index in [4.69, 9.17) is 5.73 Å². The van der Waals surface area contributed by atoms with Gasteiger partial charge in [-0.2, -0.15) is 0 Å². The predicted molar refractivity (Wildman–Crippen MR) is 81.3 cm³/mol. The van der Waals surface area contributed by atoms with Gasteiger partial charge in [-0.1, -0.05) is 57.4 Å². The zero-order chi connectivity index (χ0) is 12.3. The Morgan fingerprint density at radius 3 is 1.94 bits per heavy atom. The number of benzene rings is 1. The van der Waals surface area contributed by atoms with Crippen molar-refractivity contribution in [3.8, 4) is 0 Å². The van der Waals surface area contributed by atoms with Gasteiger partial charge in [0, 0.05) is 6.04 Å². The predicted octanol–water partition coefficient (Wildman–Crippen LogP) is 4.81. The van der Waals surface area contributed by atoms with Gasteiger partial charge in [-0.25, -0.2) is 0 Å². The number of hydrogen-bond acceptors (Lipinski definition) is 1. The fraction of sp³-hybridized carbons (Fsp3) is 0.625. The first-order valence-electron chi connectivity index (χ1n) is 7.04. The van der Waals surface area contributed by atoms with E-state index in [1.54, 1.807) is 0 Å². The molecule has 0 bridgehead atoms. The lowest BCUT2D eigenvalue weighted by molar-refractivity contribution is 0.308. The second-order valence-electron chi connectivity index (χ2n) is 5.75. The standard InChI is InChI=1S/C16H25N.ClH/c1-12(2)13-8-10-15(11-9-13)16(17)14-6-4-3-5-7-14;/h8-12,14,16H,3-7,17H2,1-2H3;1H/t16-;/m1./s1. The van der Waals surface area contributed by atoms with Gasteiger partial charge in [0.1, 0.15) is 0 Å². The first kappa shape index (κ1) is 15.5. The molecule has 2 N–H and O–H groups in total. The molecule has 1 nitrogen and oxygen atoms in total. The van der Waals surface area contributed by atoms with E-state index in [1.807, 2.05) is 0 Å². The third-order valence-electron chi connectivity index (χ3n) is 4.15. The highest BCUT2D eigenvalue weighted by atomic mass is 35.5. The fourth-order valence-corrected chi connectivity index (χ4v) is 2.87. The fourth-order valence-electron chi connectivity index (χ4n) is 2.87. The van der Waals surface area contributed by atoms with Gasteiger partial charge in [-0.3, -0.25) is 0 Å². The molecule has 1 aromatic carbocycles. The molecule has 0 saturated heterocycles. The average molecular weight is 268 g/mol. The van der Waals surface area contributed by atoms with Crippen molar-refractivity contribution in [2.75, 3.05) is 0 Å². The molecular weight excluding hydrogens is 242 g/mol. The van der Waals surface area contributed by atoms with Crippen LogP contribution in [0.3, 0.4) is 0 Å². The van der Waals surface area contributed by atoms with E-state index in [-0.39, 0.29) is 18.4 Å². The van der Waals surface area contributed by atoms with E-state index in [0.29, 0.717) is 11.8 Å². The van der Waals surface area contributed by atoms with Crippen molar-refractivity contribution in [2.45, 2.75) is 57.9 Å². The summed E-state index contributed by atoms with van der Waals surface area (Å²) >= 11 is 0. The van der Waals surface area contributed by atoms with Crippen molar-refractivity contribution in [1.29, 1.82) is 0 Å². The maximum atomic E-state index is 6.40. The highest BCUT2D eigenvalue weighted by Gasteiger charge is 2.21. The minimum atomic E-state index is 0. The van der Waals surface area contributed by atoms with Crippen LogP contribution in [-0.4, -0.2) is 0 Å². The SMILES string of the molecule is CC(C)c1ccc([C@H](N)C2CCCCC2)cc1.Cl. The number of halogens is 1. The highest BCUT2D eigenvalue weighted by molar-refractivity contribution is 5.85. The molecule has 0 amide bonds. The van der Waals surface area contributed by atoms with E-state index in [1.165, 1.54) is 43.2 Å². The average Bonchev–Trinajstić information content (AvgIpc) is 2.39. The second-order valence-corrected chi connectivity index (χ2v) is 5.75. The van der Waals surface area contributed by atoms with Crippen LogP contribution in [0.4, 0.5) is 0 Å². The molecule has 2 rings (SSSR count). The van der Waals surface area contributed by atoms with Crippen LogP contribution in [0, 0.1) is 5.92 Å². The third kappa shape index (κ3) is 3.73. The van der Waals surface area contributed by atoms with Gasteiger partial charge in [-0.05, 0) is 35.8 Å². The van der Waals surface area contributed by atoms with Crippen LogP contribution in [-0.2, 0) is 0 Å². The van der Waals surface area contributed by atoms with Crippen LogP contribution in [0.2, 0.25) is 0 Å². The molecule has 0 unspecified atom stereocenters. The summed E-state index contributed by atoms with van der Waals surface area (Å²) in [4.78, 5) is 0. The summed E-state index contributed by atoms with van der Waals surface area (Å²) in [6.07, 6.45) is 6.75. The van der Waals surface area contributed by atoms with E-state index in [0.717, 1.165) is 0 Å². The van der Waals surface area contributed by atoms with Gasteiger partial charge in [0.15, 0.2) is 0 Å². The van der Waals surface area contributed by atoms with Crippen molar-refractivity contribution < 1.29 is 0 Å². The molecule has 18 heavy (non-hydrogen) atoms. The normalized spacial score (nSPS) is 18.4. The van der Waals surface area contributed by atoms with Crippen LogP contribution < -0.4 is 5.73 Å². The Kier molecular flexibility index (Phi) is 6.17. The molecule has 1 fully saturated rings. The zero-order valence-electron chi connectivity index (χ0n) is 11.6. The van der Waals surface area contributed by atoms with Crippen molar-refractivity contribution in [1.82, 2.24) is 0 Å². The third-order valence-corrected chi connectivity index (χ3v) is 4.15. The molecule has 0 heterocycles. The first-order valence-corrected chi connectivity index (χ1v) is 7.04. The summed E-state index contributed by atoms with van der Waals surface area (Å²) in [5, 5.41) is 0. The summed E-state index contributed by atoms with van der Waals surface area (Å²) in [6.45, 7) is 4.46. The van der Waals surface area contributed by atoms with Gasteiger partial charge in [-0.15, -0.1) is 12.4 Å². The summed E-state index contributed by atoms with van der Waals surface area (Å²) in [5.41, 5.74) is 9.12. The van der Waals surface area contributed by atoms with Gasteiger partial charge in [0.05, 0.1) is 0 Å². The van der Waals surface area contributed by atoms with Gasteiger partial charge in [0.2, 0.25) is 0 Å². The molecule has 1 aliphatic rings. The molecule has 0 aromatic heterocycles. The lowest BCUT2D eigenvalue weighted by Gasteiger charge is -2.28. The Morgan fingerprint density at radius 2 is 1.44 bits per heavy atom. The molecule has 102 valence electrons. The lowest BCUT2D eigenvalue weighted by atomic mass is 9.81. The van der Waals surface area contributed by atoms with Crippen molar-refractivity contribution in [3.05, 3.63) is 35.4 Å². The van der Waals surface area contributed by atoms with Crippen LogP contribution in [0.15, 0.2) is 24.3 Å². The Bertz CT molecular complexity index is 339. The smallest absolute Gasteiger partial charge is 0.0323 e. The summed E-state index contributed by atoms with van der Waals surface area (Å²) in [5.74, 6) is 1.31. The summed E-state index contributed by atoms with van der Waals surface area (Å²) in [7, 11) is 0. The minimum absolute atomic E-state index is 0. The Hall–Kier alpha value is -0.530. The van der Waals surface area contributed by atoms with E-state index < -0.39 is 0 Å². The molecule has 0 radical (unpaired) electrons. The van der Waals surface area contributed by atoms with Gasteiger partial charge >= 0.3 is 0 Å². The summed E-state index contributed by atoms with van der Waals surface area (Å²) < 4.78 is 0. The van der Waals surface area contributed by atoms with Crippen LogP contribution >= 0.6 is 12.4 Å². The molecule has 1 aromatic rings. The Labute approximate surface area is 118 Å². The van der Waals surface area contributed by atoms with Crippen molar-refractivity contribution in [2.24, 2.45) is 11.7 Å². The zero-order valence-corrected chi connectivity index (χ0v) is 12.4. The molecule has 1 saturated carbocycles. The quantitative estimate of drug-likeness (QED) is 0.835. The van der Waals surface area contributed by atoms with Crippen LogP contribution in [0.5, 0.6) is 0 Å². The molecule has 1 atom stereocenters. The number of rotatable bonds is 3. The van der Waals surface area contributed by atoms with Gasteiger partial charge < -0.3 is 5.73 Å². The van der Waals surface area contributed by atoms with Crippen molar-refractivity contribution in [3.63, 3.8) is 0 Å². The second kappa shape index (κ2) is 7.16. The Balaban J connectivity index is 0.00000162. The van der Waals surface area contributed by atoms with Gasteiger partial charge in [0.25, 0.3) is 0 Å². The molecule has 1 aliphatic carbocycles. The van der Waals surface area contributed by atoms with E-state index in [9.17, 15) is 0 Å². The Morgan fingerprint density at radius 1 is 0.944 bits per heavy atom. The lowest BCUT2D eigenvalue weighted by Crippen LogP contribution is -2.23. The summed E-state index contributed by atoms with van der Waals surface area (Å²) in [6, 6.07) is 9.19. The molecular formula is C16H26ClN. The minimum Gasteiger partial charge on any atom is -0.324 e. The van der Waals surface area contributed by atoms with Crippen LogP contribution in [0.25, 0.3) is 0 Å². The van der Waals surface area contributed by atoms with E-state index >= 15 is 0 Å². The number of hydrogen-bond donors (Lipinski definition) is 1.